The summed E-state index contributed by atoms with van der Waals surface area (Å²) in [5, 5.41) is 2.12. The van der Waals surface area contributed by atoms with E-state index in [2.05, 4.69) is 15.9 Å². The van der Waals surface area contributed by atoms with Crippen molar-refractivity contribution in [2.45, 2.75) is 6.42 Å². The van der Waals surface area contributed by atoms with Crippen LogP contribution in [0.2, 0.25) is 0 Å². The summed E-state index contributed by atoms with van der Waals surface area (Å²) in [5.74, 6) is 0.147. The molecule has 0 aliphatic carbocycles. The van der Waals surface area contributed by atoms with Crippen LogP contribution in [0, 0.1) is 0 Å². The average Bonchev–Trinajstić information content (AvgIpc) is 2.49. The minimum atomic E-state index is 0.147. The molecule has 0 atom stereocenters. The monoisotopic (exact) mass is 324 g/mol. The van der Waals surface area contributed by atoms with Crippen LogP contribution in [-0.2, 0) is 6.42 Å². The lowest BCUT2D eigenvalue weighted by Gasteiger charge is -2.07. The molecule has 3 aromatic rings. The molecule has 0 aromatic heterocycles. The molecule has 3 aromatic carbocycles. The Balaban J connectivity index is 1.99. The lowest BCUT2D eigenvalue weighted by molar-refractivity contribution is 0.0994. The smallest absolute Gasteiger partial charge is 0.167 e. The summed E-state index contributed by atoms with van der Waals surface area (Å²) in [6.45, 7) is 0. The molecule has 0 amide bonds. The maximum absolute atomic E-state index is 12.6. The molecule has 0 spiro atoms. The number of rotatable bonds is 3. The van der Waals surface area contributed by atoms with Crippen LogP contribution >= 0.6 is 15.9 Å². The first-order valence-electron chi connectivity index (χ1n) is 6.50. The Kier molecular flexibility index (Phi) is 3.66. The second-order valence-electron chi connectivity index (χ2n) is 4.72. The molecule has 0 bridgehead atoms. The first kappa shape index (κ1) is 13.1. The second-order valence-corrected chi connectivity index (χ2v) is 5.57. The van der Waals surface area contributed by atoms with E-state index >= 15 is 0 Å². The van der Waals surface area contributed by atoms with E-state index in [0.717, 1.165) is 26.4 Å². The first-order valence-corrected chi connectivity index (χ1v) is 7.29. The number of Topliss-reactive ketones (excluding diaryl/α,β-unsaturated/α-hetero) is 1. The number of hydrogen-bond donors (Lipinski definition) is 0. The molecule has 1 nitrogen and oxygen atoms in total. The summed E-state index contributed by atoms with van der Waals surface area (Å²) < 4.78 is 0.980. The van der Waals surface area contributed by atoms with Crippen molar-refractivity contribution < 1.29 is 4.79 Å². The molecular weight excluding hydrogens is 312 g/mol. The summed E-state index contributed by atoms with van der Waals surface area (Å²) >= 11 is 3.49. The predicted octanol–water partition coefficient (Wildman–Crippen LogP) is 5.03. The quantitative estimate of drug-likeness (QED) is 0.618. The van der Waals surface area contributed by atoms with E-state index in [1.807, 2.05) is 66.7 Å². The van der Waals surface area contributed by atoms with Gasteiger partial charge in [0, 0.05) is 16.5 Å². The molecule has 0 N–H and O–H groups in total. The number of ketones is 1. The van der Waals surface area contributed by atoms with E-state index in [9.17, 15) is 4.79 Å². The molecular formula is C18H13BrO. The van der Waals surface area contributed by atoms with Gasteiger partial charge in [-0.25, -0.2) is 0 Å². The Hall–Kier alpha value is -1.93. The third-order valence-corrected chi connectivity index (χ3v) is 4.17. The number of fused-ring (bicyclic) bond motifs is 1. The molecule has 98 valence electrons. The molecule has 0 heterocycles. The van der Waals surface area contributed by atoms with Crippen molar-refractivity contribution >= 4 is 32.5 Å². The fourth-order valence-corrected chi connectivity index (χ4v) is 2.80. The number of benzene rings is 3. The minimum absolute atomic E-state index is 0.147. The third kappa shape index (κ3) is 2.52. The zero-order valence-electron chi connectivity index (χ0n) is 10.8. The number of hydrogen-bond acceptors (Lipinski definition) is 1. The van der Waals surface area contributed by atoms with Crippen molar-refractivity contribution in [2.75, 3.05) is 0 Å². The van der Waals surface area contributed by atoms with E-state index in [1.54, 1.807) is 0 Å². The van der Waals surface area contributed by atoms with Gasteiger partial charge >= 0.3 is 0 Å². The van der Waals surface area contributed by atoms with Crippen LogP contribution in [0.3, 0.4) is 0 Å². The zero-order chi connectivity index (χ0) is 13.9. The van der Waals surface area contributed by atoms with Gasteiger partial charge in [-0.15, -0.1) is 0 Å². The van der Waals surface area contributed by atoms with Crippen molar-refractivity contribution in [1.29, 1.82) is 0 Å². The Morgan fingerprint density at radius 1 is 0.850 bits per heavy atom. The second kappa shape index (κ2) is 5.59. The summed E-state index contributed by atoms with van der Waals surface area (Å²) in [6.07, 6.45) is 0.412. The SMILES string of the molecule is O=C(Cc1ccccc1Br)c1cccc2ccccc12. The van der Waals surface area contributed by atoms with Gasteiger partial charge in [-0.3, -0.25) is 4.79 Å². The van der Waals surface area contributed by atoms with Gasteiger partial charge in [0.15, 0.2) is 5.78 Å². The van der Waals surface area contributed by atoms with E-state index in [-0.39, 0.29) is 5.78 Å². The molecule has 0 saturated carbocycles. The normalized spacial score (nSPS) is 10.7. The van der Waals surface area contributed by atoms with Gasteiger partial charge in [-0.1, -0.05) is 76.6 Å². The standard InChI is InChI=1S/C18H13BrO/c19-17-11-4-2-7-14(17)12-18(20)16-10-5-8-13-6-1-3-9-15(13)16/h1-11H,12H2. The Labute approximate surface area is 126 Å². The highest BCUT2D eigenvalue weighted by atomic mass is 79.9. The van der Waals surface area contributed by atoms with Gasteiger partial charge in [0.25, 0.3) is 0 Å². The van der Waals surface area contributed by atoms with Crippen molar-refractivity contribution in [3.8, 4) is 0 Å². The maximum atomic E-state index is 12.6. The van der Waals surface area contributed by atoms with Crippen LogP contribution in [0.5, 0.6) is 0 Å². The van der Waals surface area contributed by atoms with Crippen LogP contribution in [-0.4, -0.2) is 5.78 Å². The Morgan fingerprint density at radius 2 is 1.55 bits per heavy atom. The molecule has 0 unspecified atom stereocenters. The lowest BCUT2D eigenvalue weighted by Crippen LogP contribution is -2.04. The highest BCUT2D eigenvalue weighted by Gasteiger charge is 2.11. The largest absolute Gasteiger partial charge is 0.294 e. The van der Waals surface area contributed by atoms with Gasteiger partial charge in [0.05, 0.1) is 0 Å². The average molecular weight is 325 g/mol. The maximum Gasteiger partial charge on any atom is 0.167 e. The molecule has 0 fully saturated rings. The van der Waals surface area contributed by atoms with Crippen LogP contribution in [0.1, 0.15) is 15.9 Å². The lowest BCUT2D eigenvalue weighted by atomic mass is 9.97. The topological polar surface area (TPSA) is 17.1 Å². The summed E-state index contributed by atoms with van der Waals surface area (Å²) in [4.78, 5) is 12.6. The van der Waals surface area contributed by atoms with Crippen LogP contribution in [0.4, 0.5) is 0 Å². The van der Waals surface area contributed by atoms with Gasteiger partial charge < -0.3 is 0 Å². The van der Waals surface area contributed by atoms with E-state index in [1.165, 1.54) is 0 Å². The number of halogens is 1. The fourth-order valence-electron chi connectivity index (χ4n) is 2.38. The van der Waals surface area contributed by atoms with E-state index in [4.69, 9.17) is 0 Å². The molecule has 3 rings (SSSR count). The molecule has 2 heteroatoms. The number of carbonyl (C=O) groups excluding carboxylic acids is 1. The summed E-state index contributed by atoms with van der Waals surface area (Å²) in [5.41, 5.74) is 1.81. The van der Waals surface area contributed by atoms with Crippen LogP contribution in [0.15, 0.2) is 71.2 Å². The van der Waals surface area contributed by atoms with Gasteiger partial charge in [-0.05, 0) is 22.4 Å². The molecule has 0 aliphatic heterocycles. The van der Waals surface area contributed by atoms with Gasteiger partial charge in [-0.2, -0.15) is 0 Å². The summed E-state index contributed by atoms with van der Waals surface area (Å²) in [7, 11) is 0. The van der Waals surface area contributed by atoms with Crippen molar-refractivity contribution in [3.63, 3.8) is 0 Å². The van der Waals surface area contributed by atoms with E-state index < -0.39 is 0 Å². The Morgan fingerprint density at radius 3 is 2.40 bits per heavy atom. The summed E-state index contributed by atoms with van der Waals surface area (Å²) in [6, 6.07) is 21.7. The third-order valence-electron chi connectivity index (χ3n) is 3.40. The van der Waals surface area contributed by atoms with E-state index in [0.29, 0.717) is 6.42 Å². The van der Waals surface area contributed by atoms with Crippen molar-refractivity contribution in [2.24, 2.45) is 0 Å². The van der Waals surface area contributed by atoms with Crippen molar-refractivity contribution in [3.05, 3.63) is 82.3 Å². The predicted molar refractivity (Wildman–Crippen MR) is 86.1 cm³/mol. The molecule has 0 radical (unpaired) electrons. The number of carbonyl (C=O) groups is 1. The molecule has 0 saturated heterocycles. The Bertz CT molecular complexity index is 772. The highest BCUT2D eigenvalue weighted by Crippen LogP contribution is 2.22. The van der Waals surface area contributed by atoms with Gasteiger partial charge in [0.2, 0.25) is 0 Å². The highest BCUT2D eigenvalue weighted by molar-refractivity contribution is 9.10. The van der Waals surface area contributed by atoms with Crippen molar-refractivity contribution in [1.82, 2.24) is 0 Å². The van der Waals surface area contributed by atoms with Crippen LogP contribution < -0.4 is 0 Å². The minimum Gasteiger partial charge on any atom is -0.294 e. The van der Waals surface area contributed by atoms with Crippen LogP contribution in [0.25, 0.3) is 10.8 Å². The molecule has 20 heavy (non-hydrogen) atoms. The fraction of sp³-hybridized carbons (Fsp3) is 0.0556. The van der Waals surface area contributed by atoms with Gasteiger partial charge in [0.1, 0.15) is 0 Å². The first-order chi connectivity index (χ1) is 9.75. The zero-order valence-corrected chi connectivity index (χ0v) is 12.4. The molecule has 0 aliphatic rings.